The Morgan fingerprint density at radius 2 is 2.16 bits per heavy atom. The molecule has 1 aliphatic heterocycles. The van der Waals surface area contributed by atoms with Crippen molar-refractivity contribution < 1.29 is 19.4 Å². The second kappa shape index (κ2) is 8.02. The Hall–Kier alpha value is -2.54. The molecule has 1 saturated heterocycles. The number of nitrogens with zero attached hydrogens (tertiary/aromatic N) is 2. The number of aromatic nitrogens is 2. The second-order valence-electron chi connectivity index (χ2n) is 6.05. The van der Waals surface area contributed by atoms with E-state index in [1.165, 1.54) is 0 Å². The Labute approximate surface area is 146 Å². The molecule has 2 N–H and O–H groups in total. The zero-order valence-corrected chi connectivity index (χ0v) is 14.3. The van der Waals surface area contributed by atoms with Gasteiger partial charge in [-0.05, 0) is 37.5 Å². The number of carbonyl (C=O) groups is 1. The van der Waals surface area contributed by atoms with Gasteiger partial charge in [-0.2, -0.15) is 5.10 Å². The number of aliphatic hydroxyl groups excluding tert-OH is 1. The van der Waals surface area contributed by atoms with E-state index in [9.17, 15) is 9.90 Å². The van der Waals surface area contributed by atoms with Crippen LogP contribution in [0.3, 0.4) is 0 Å². The maximum absolute atomic E-state index is 12.6. The second-order valence-corrected chi connectivity index (χ2v) is 6.05. The molecule has 7 nitrogen and oxygen atoms in total. The number of H-pyrrole nitrogens is 1. The van der Waals surface area contributed by atoms with Gasteiger partial charge >= 0.3 is 0 Å². The number of piperidine rings is 1. The predicted molar refractivity (Wildman–Crippen MR) is 91.7 cm³/mol. The van der Waals surface area contributed by atoms with Crippen LogP contribution in [0.1, 0.15) is 35.4 Å². The molecule has 1 aromatic heterocycles. The molecule has 0 aliphatic carbocycles. The fourth-order valence-electron chi connectivity index (χ4n) is 3.04. The molecule has 25 heavy (non-hydrogen) atoms. The molecule has 0 spiro atoms. The fourth-order valence-corrected chi connectivity index (χ4v) is 3.04. The van der Waals surface area contributed by atoms with Gasteiger partial charge in [-0.3, -0.25) is 9.89 Å². The van der Waals surface area contributed by atoms with E-state index in [0.29, 0.717) is 29.4 Å². The summed E-state index contributed by atoms with van der Waals surface area (Å²) in [5.74, 6) is 1.12. The van der Waals surface area contributed by atoms with E-state index in [4.69, 9.17) is 9.47 Å². The van der Waals surface area contributed by atoms with Crippen molar-refractivity contribution in [2.75, 3.05) is 20.3 Å². The van der Waals surface area contributed by atoms with Gasteiger partial charge in [-0.25, -0.2) is 0 Å². The number of methoxy groups -OCH3 is 1. The van der Waals surface area contributed by atoms with Gasteiger partial charge in [0, 0.05) is 6.54 Å². The first-order valence-corrected chi connectivity index (χ1v) is 8.45. The summed E-state index contributed by atoms with van der Waals surface area (Å²) in [5, 5.41) is 16.4. The van der Waals surface area contributed by atoms with Crippen molar-refractivity contribution in [2.24, 2.45) is 0 Å². The molecule has 2 aromatic rings. The van der Waals surface area contributed by atoms with Crippen molar-refractivity contribution in [3.05, 3.63) is 41.7 Å². The minimum Gasteiger partial charge on any atom is -0.493 e. The van der Waals surface area contributed by atoms with Crippen LogP contribution in [-0.2, 0) is 6.61 Å². The van der Waals surface area contributed by atoms with E-state index < -0.39 is 0 Å². The van der Waals surface area contributed by atoms with Crippen LogP contribution in [0.2, 0.25) is 0 Å². The lowest BCUT2D eigenvalue weighted by Gasteiger charge is -2.34. The number of para-hydroxylation sites is 2. The summed E-state index contributed by atoms with van der Waals surface area (Å²) in [6, 6.07) is 8.95. The molecule has 0 saturated carbocycles. The normalized spacial score (nSPS) is 17.4. The van der Waals surface area contributed by atoms with Crippen LogP contribution in [0, 0.1) is 0 Å². The summed E-state index contributed by atoms with van der Waals surface area (Å²) in [5.41, 5.74) is 1.05. The van der Waals surface area contributed by atoms with Crippen LogP contribution >= 0.6 is 0 Å². The first-order chi connectivity index (χ1) is 12.2. The average molecular weight is 345 g/mol. The van der Waals surface area contributed by atoms with Crippen molar-refractivity contribution in [2.45, 2.75) is 31.9 Å². The monoisotopic (exact) mass is 345 g/mol. The molecule has 0 bridgehead atoms. The molecule has 3 rings (SSSR count). The summed E-state index contributed by atoms with van der Waals surface area (Å²) in [6.45, 7) is 0.897. The first kappa shape index (κ1) is 17.3. The highest BCUT2D eigenvalue weighted by atomic mass is 16.5. The standard InChI is InChI=1S/C18H23N3O4/c1-24-16-7-2-3-8-17(16)25-12-13-10-15(20-19-13)18(23)21-9-5-4-6-14(21)11-22/h2-3,7-8,10,14,22H,4-6,9,11-12H2,1H3,(H,19,20). The van der Waals surface area contributed by atoms with Gasteiger partial charge in [-0.15, -0.1) is 0 Å². The summed E-state index contributed by atoms with van der Waals surface area (Å²) >= 11 is 0. The van der Waals surface area contributed by atoms with Crippen LogP contribution in [0.15, 0.2) is 30.3 Å². The van der Waals surface area contributed by atoms with E-state index in [1.54, 1.807) is 18.1 Å². The first-order valence-electron chi connectivity index (χ1n) is 8.45. The Morgan fingerprint density at radius 1 is 1.36 bits per heavy atom. The summed E-state index contributed by atoms with van der Waals surface area (Å²) in [6.07, 6.45) is 2.82. The largest absolute Gasteiger partial charge is 0.493 e. The van der Waals surface area contributed by atoms with Gasteiger partial charge in [0.1, 0.15) is 6.61 Å². The molecule has 1 amide bonds. The smallest absolute Gasteiger partial charge is 0.274 e. The minimum atomic E-state index is -0.154. The van der Waals surface area contributed by atoms with Crippen LogP contribution in [0.4, 0.5) is 0 Å². The third-order valence-corrected chi connectivity index (χ3v) is 4.40. The van der Waals surface area contributed by atoms with E-state index in [1.807, 2.05) is 24.3 Å². The van der Waals surface area contributed by atoms with Gasteiger partial charge in [0.15, 0.2) is 17.2 Å². The van der Waals surface area contributed by atoms with Crippen LogP contribution in [-0.4, -0.2) is 52.4 Å². The number of ether oxygens (including phenoxy) is 2. The SMILES string of the molecule is COc1ccccc1OCc1cc(C(=O)N2CCCCC2CO)n[nH]1. The lowest BCUT2D eigenvalue weighted by molar-refractivity contribution is 0.0497. The van der Waals surface area contributed by atoms with Gasteiger partial charge in [-0.1, -0.05) is 12.1 Å². The number of likely N-dealkylation sites (tertiary alicyclic amines) is 1. The van der Waals surface area contributed by atoms with Gasteiger partial charge in [0.25, 0.3) is 5.91 Å². The summed E-state index contributed by atoms with van der Waals surface area (Å²) in [7, 11) is 1.59. The van der Waals surface area contributed by atoms with Gasteiger partial charge in [0.05, 0.1) is 25.5 Å². The van der Waals surface area contributed by atoms with E-state index in [0.717, 1.165) is 19.3 Å². The predicted octanol–water partition coefficient (Wildman–Crippen LogP) is 1.98. The lowest BCUT2D eigenvalue weighted by Crippen LogP contribution is -2.45. The Morgan fingerprint density at radius 3 is 2.92 bits per heavy atom. The molecule has 1 atom stereocenters. The number of benzene rings is 1. The van der Waals surface area contributed by atoms with Crippen molar-refractivity contribution in [3.63, 3.8) is 0 Å². The molecule has 7 heteroatoms. The topological polar surface area (TPSA) is 87.7 Å². The molecule has 2 heterocycles. The molecule has 1 fully saturated rings. The molecule has 1 aliphatic rings. The van der Waals surface area contributed by atoms with Gasteiger partial charge in [0.2, 0.25) is 0 Å². The molecule has 0 radical (unpaired) electrons. The Balaban J connectivity index is 1.64. The van der Waals surface area contributed by atoms with Crippen molar-refractivity contribution >= 4 is 5.91 Å². The van der Waals surface area contributed by atoms with Crippen molar-refractivity contribution in [3.8, 4) is 11.5 Å². The van der Waals surface area contributed by atoms with E-state index in [-0.39, 0.29) is 25.2 Å². The third kappa shape index (κ3) is 3.93. The van der Waals surface area contributed by atoms with E-state index in [2.05, 4.69) is 10.2 Å². The van der Waals surface area contributed by atoms with E-state index >= 15 is 0 Å². The molecule has 1 unspecified atom stereocenters. The maximum Gasteiger partial charge on any atom is 0.274 e. The number of hydrogen-bond acceptors (Lipinski definition) is 5. The number of aliphatic hydroxyl groups is 1. The Bertz CT molecular complexity index is 716. The third-order valence-electron chi connectivity index (χ3n) is 4.40. The zero-order chi connectivity index (χ0) is 17.6. The van der Waals surface area contributed by atoms with Crippen LogP contribution < -0.4 is 9.47 Å². The maximum atomic E-state index is 12.6. The highest BCUT2D eigenvalue weighted by molar-refractivity contribution is 5.92. The van der Waals surface area contributed by atoms with Crippen LogP contribution in [0.5, 0.6) is 11.5 Å². The summed E-state index contributed by atoms with van der Waals surface area (Å²) in [4.78, 5) is 14.3. The number of aromatic amines is 1. The quantitative estimate of drug-likeness (QED) is 0.836. The number of hydrogen-bond donors (Lipinski definition) is 2. The molecule has 1 aromatic carbocycles. The summed E-state index contributed by atoms with van der Waals surface area (Å²) < 4.78 is 11.0. The number of rotatable bonds is 6. The number of nitrogens with one attached hydrogen (secondary N) is 1. The van der Waals surface area contributed by atoms with Crippen molar-refractivity contribution in [1.82, 2.24) is 15.1 Å². The number of amides is 1. The lowest BCUT2D eigenvalue weighted by atomic mass is 10.0. The van der Waals surface area contributed by atoms with Crippen LogP contribution in [0.25, 0.3) is 0 Å². The molecular formula is C18H23N3O4. The zero-order valence-electron chi connectivity index (χ0n) is 14.3. The Kier molecular flexibility index (Phi) is 5.55. The fraction of sp³-hybridized carbons (Fsp3) is 0.444. The minimum absolute atomic E-state index is 0.0140. The van der Waals surface area contributed by atoms with Crippen molar-refractivity contribution in [1.29, 1.82) is 0 Å². The van der Waals surface area contributed by atoms with Gasteiger partial charge < -0.3 is 19.5 Å². The number of carbonyl (C=O) groups excluding carboxylic acids is 1. The average Bonchev–Trinajstić information content (AvgIpc) is 3.15. The highest BCUT2D eigenvalue weighted by Gasteiger charge is 2.28. The molecular weight excluding hydrogens is 322 g/mol. The molecule has 134 valence electrons. The highest BCUT2D eigenvalue weighted by Crippen LogP contribution is 2.26.